The van der Waals surface area contributed by atoms with Crippen LogP contribution in [0.5, 0.6) is 11.5 Å². The SMILES string of the molecule is CC1(C)CC(N(CCCOc2ccccc2)S(C)(=O)=O)c2cc(F)ccc2O1. The van der Waals surface area contributed by atoms with Gasteiger partial charge in [-0.3, -0.25) is 0 Å². The summed E-state index contributed by atoms with van der Waals surface area (Å²) in [5.74, 6) is 0.859. The van der Waals surface area contributed by atoms with Gasteiger partial charge in [-0.15, -0.1) is 0 Å². The van der Waals surface area contributed by atoms with Crippen molar-refractivity contribution in [2.75, 3.05) is 19.4 Å². The molecule has 1 aliphatic rings. The van der Waals surface area contributed by atoms with Crippen molar-refractivity contribution in [2.45, 2.75) is 38.3 Å². The van der Waals surface area contributed by atoms with Crippen LogP contribution in [0.2, 0.25) is 0 Å². The number of nitrogens with zero attached hydrogens (tertiary/aromatic N) is 1. The van der Waals surface area contributed by atoms with Crippen LogP contribution in [0.1, 0.15) is 38.3 Å². The fourth-order valence-corrected chi connectivity index (χ4v) is 4.64. The maximum Gasteiger partial charge on any atom is 0.211 e. The minimum atomic E-state index is -3.52. The van der Waals surface area contributed by atoms with Crippen LogP contribution in [0, 0.1) is 5.82 Å². The minimum absolute atomic E-state index is 0.280. The molecule has 3 rings (SSSR count). The van der Waals surface area contributed by atoms with Crippen molar-refractivity contribution in [1.82, 2.24) is 4.31 Å². The average Bonchev–Trinajstić information content (AvgIpc) is 2.61. The third-order valence-electron chi connectivity index (χ3n) is 4.71. The van der Waals surface area contributed by atoms with Crippen LogP contribution < -0.4 is 9.47 Å². The van der Waals surface area contributed by atoms with E-state index in [1.54, 1.807) is 6.07 Å². The van der Waals surface area contributed by atoms with Gasteiger partial charge in [-0.25, -0.2) is 12.8 Å². The van der Waals surface area contributed by atoms with Gasteiger partial charge < -0.3 is 9.47 Å². The third-order valence-corrected chi connectivity index (χ3v) is 6.00. The fraction of sp³-hybridized carbons (Fsp3) is 0.429. The molecule has 2 aromatic carbocycles. The van der Waals surface area contributed by atoms with Crippen molar-refractivity contribution < 1.29 is 22.3 Å². The quantitative estimate of drug-likeness (QED) is 0.647. The summed E-state index contributed by atoms with van der Waals surface area (Å²) in [6, 6.07) is 13.2. The molecule has 152 valence electrons. The van der Waals surface area contributed by atoms with E-state index >= 15 is 0 Å². The molecule has 1 atom stereocenters. The zero-order valence-corrected chi connectivity index (χ0v) is 17.2. The molecule has 0 radical (unpaired) electrons. The molecule has 5 nitrogen and oxygen atoms in total. The van der Waals surface area contributed by atoms with E-state index in [1.165, 1.54) is 22.7 Å². The molecule has 1 unspecified atom stereocenters. The summed E-state index contributed by atoms with van der Waals surface area (Å²) in [5, 5.41) is 0. The Labute approximate surface area is 166 Å². The Morgan fingerprint density at radius 3 is 2.61 bits per heavy atom. The summed E-state index contributed by atoms with van der Waals surface area (Å²) in [4.78, 5) is 0. The molecule has 7 heteroatoms. The number of benzene rings is 2. The summed E-state index contributed by atoms with van der Waals surface area (Å²) in [6.07, 6.45) is 2.15. The van der Waals surface area contributed by atoms with Gasteiger partial charge in [-0.2, -0.15) is 4.31 Å². The van der Waals surface area contributed by atoms with Gasteiger partial charge in [0.2, 0.25) is 10.0 Å². The van der Waals surface area contributed by atoms with Gasteiger partial charge >= 0.3 is 0 Å². The molecule has 0 aromatic heterocycles. The topological polar surface area (TPSA) is 55.8 Å². The highest BCUT2D eigenvalue weighted by Crippen LogP contribution is 2.43. The Morgan fingerprint density at radius 2 is 1.93 bits per heavy atom. The summed E-state index contributed by atoms with van der Waals surface area (Å²) < 4.78 is 52.0. The number of fused-ring (bicyclic) bond motifs is 1. The van der Waals surface area contributed by atoms with E-state index in [-0.39, 0.29) is 6.54 Å². The lowest BCUT2D eigenvalue weighted by Gasteiger charge is -2.41. The van der Waals surface area contributed by atoms with Gasteiger partial charge in [-0.1, -0.05) is 18.2 Å². The summed E-state index contributed by atoms with van der Waals surface area (Å²) in [5.41, 5.74) is 0.00706. The predicted octanol–water partition coefficient (Wildman–Crippen LogP) is 4.16. The normalized spacial score (nSPS) is 18.4. The molecule has 2 aromatic rings. The number of hydrogen-bond donors (Lipinski definition) is 0. The second-order valence-corrected chi connectivity index (χ2v) is 9.59. The lowest BCUT2D eigenvalue weighted by atomic mass is 9.89. The first-order valence-electron chi connectivity index (χ1n) is 9.29. The highest BCUT2D eigenvalue weighted by Gasteiger charge is 2.39. The molecular weight excluding hydrogens is 381 g/mol. The zero-order valence-electron chi connectivity index (χ0n) is 16.4. The Bertz CT molecular complexity index is 915. The van der Waals surface area contributed by atoms with Crippen LogP contribution in [0.15, 0.2) is 48.5 Å². The van der Waals surface area contributed by atoms with Crippen LogP contribution in [-0.4, -0.2) is 37.7 Å². The first kappa shape index (κ1) is 20.6. The molecule has 0 bridgehead atoms. The minimum Gasteiger partial charge on any atom is -0.494 e. The number of para-hydroxylation sites is 1. The standard InChI is InChI=1S/C21H26FNO4S/c1-21(2)15-19(18-14-16(22)10-11-20(18)27-21)23(28(3,24)25)12-7-13-26-17-8-5-4-6-9-17/h4-6,8-11,14,19H,7,12-13,15H2,1-3H3. The van der Waals surface area contributed by atoms with E-state index in [1.807, 2.05) is 44.2 Å². The summed E-state index contributed by atoms with van der Waals surface area (Å²) in [6.45, 7) is 4.48. The van der Waals surface area contributed by atoms with Gasteiger partial charge in [0, 0.05) is 18.5 Å². The Kier molecular flexibility index (Phi) is 5.95. The van der Waals surface area contributed by atoms with Gasteiger partial charge in [0.15, 0.2) is 0 Å². The molecule has 1 heterocycles. The first-order chi connectivity index (χ1) is 13.2. The molecule has 0 amide bonds. The summed E-state index contributed by atoms with van der Waals surface area (Å²) >= 11 is 0. The maximum absolute atomic E-state index is 13.9. The van der Waals surface area contributed by atoms with Crippen molar-refractivity contribution in [3.05, 3.63) is 59.9 Å². The van der Waals surface area contributed by atoms with E-state index in [0.717, 1.165) is 5.75 Å². The highest BCUT2D eigenvalue weighted by atomic mass is 32.2. The van der Waals surface area contributed by atoms with E-state index in [0.29, 0.717) is 30.8 Å². The van der Waals surface area contributed by atoms with Crippen molar-refractivity contribution in [3.63, 3.8) is 0 Å². The average molecular weight is 408 g/mol. The molecule has 0 saturated carbocycles. The smallest absolute Gasteiger partial charge is 0.211 e. The third kappa shape index (κ3) is 5.02. The first-order valence-corrected chi connectivity index (χ1v) is 11.1. The van der Waals surface area contributed by atoms with Crippen LogP contribution in [0.3, 0.4) is 0 Å². The Morgan fingerprint density at radius 1 is 1.21 bits per heavy atom. The van der Waals surface area contributed by atoms with Crippen molar-refractivity contribution in [3.8, 4) is 11.5 Å². The molecule has 0 fully saturated rings. The van der Waals surface area contributed by atoms with E-state index in [9.17, 15) is 12.8 Å². The van der Waals surface area contributed by atoms with Crippen molar-refractivity contribution >= 4 is 10.0 Å². The van der Waals surface area contributed by atoms with Crippen molar-refractivity contribution in [1.29, 1.82) is 0 Å². The van der Waals surface area contributed by atoms with Gasteiger partial charge in [0.25, 0.3) is 0 Å². The molecule has 28 heavy (non-hydrogen) atoms. The van der Waals surface area contributed by atoms with Gasteiger partial charge in [0.05, 0.1) is 18.9 Å². The molecule has 0 spiro atoms. The van der Waals surface area contributed by atoms with Gasteiger partial charge in [0.1, 0.15) is 22.9 Å². The number of hydrogen-bond acceptors (Lipinski definition) is 4. The lowest BCUT2D eigenvalue weighted by molar-refractivity contribution is 0.0494. The Balaban J connectivity index is 1.79. The highest BCUT2D eigenvalue weighted by molar-refractivity contribution is 7.88. The lowest BCUT2D eigenvalue weighted by Crippen LogP contribution is -2.44. The molecule has 0 aliphatic carbocycles. The second kappa shape index (κ2) is 8.09. The Hall–Kier alpha value is -2.12. The number of rotatable bonds is 7. The predicted molar refractivity (Wildman–Crippen MR) is 107 cm³/mol. The fourth-order valence-electron chi connectivity index (χ4n) is 3.52. The van der Waals surface area contributed by atoms with Crippen LogP contribution in [-0.2, 0) is 10.0 Å². The van der Waals surface area contributed by atoms with E-state index < -0.39 is 27.5 Å². The maximum atomic E-state index is 13.9. The summed E-state index contributed by atoms with van der Waals surface area (Å²) in [7, 11) is -3.52. The van der Waals surface area contributed by atoms with Gasteiger partial charge in [-0.05, 0) is 50.6 Å². The van der Waals surface area contributed by atoms with Crippen LogP contribution >= 0.6 is 0 Å². The molecule has 1 aliphatic heterocycles. The number of sulfonamides is 1. The van der Waals surface area contributed by atoms with Crippen LogP contribution in [0.4, 0.5) is 4.39 Å². The molecule has 0 saturated heterocycles. The number of ether oxygens (including phenoxy) is 2. The zero-order chi connectivity index (χ0) is 20.4. The van der Waals surface area contributed by atoms with Crippen molar-refractivity contribution in [2.24, 2.45) is 0 Å². The van der Waals surface area contributed by atoms with E-state index in [2.05, 4.69) is 0 Å². The number of halogens is 1. The van der Waals surface area contributed by atoms with Crippen LogP contribution in [0.25, 0.3) is 0 Å². The molecular formula is C21H26FNO4S. The molecule has 0 N–H and O–H groups in total. The largest absolute Gasteiger partial charge is 0.494 e. The second-order valence-electron chi connectivity index (χ2n) is 7.65. The monoisotopic (exact) mass is 407 g/mol. The van der Waals surface area contributed by atoms with E-state index in [4.69, 9.17) is 9.47 Å².